The second-order valence-corrected chi connectivity index (χ2v) is 4.98. The minimum atomic E-state index is 0.742. The van der Waals surface area contributed by atoms with Gasteiger partial charge in [-0.15, -0.1) is 0 Å². The van der Waals surface area contributed by atoms with Crippen LogP contribution in [-0.4, -0.2) is 18.2 Å². The second-order valence-electron chi connectivity index (χ2n) is 4.98. The van der Waals surface area contributed by atoms with Crippen molar-refractivity contribution in [3.05, 3.63) is 30.0 Å². The summed E-state index contributed by atoms with van der Waals surface area (Å²) in [6.45, 7) is 4.05. The number of fused-ring (bicyclic) bond motifs is 1. The van der Waals surface area contributed by atoms with Gasteiger partial charge in [0, 0.05) is 23.6 Å². The van der Waals surface area contributed by atoms with Crippen LogP contribution in [0.1, 0.15) is 31.7 Å². The molecule has 0 bridgehead atoms. The van der Waals surface area contributed by atoms with Gasteiger partial charge in [-0.2, -0.15) is 0 Å². The molecule has 19 heavy (non-hydrogen) atoms. The third-order valence-electron chi connectivity index (χ3n) is 3.57. The summed E-state index contributed by atoms with van der Waals surface area (Å²) in [4.78, 5) is 0. The molecule has 0 amide bonds. The molecule has 1 heterocycles. The number of hydrogen-bond donors (Lipinski definition) is 1. The third kappa shape index (κ3) is 3.10. The minimum Gasteiger partial charge on any atom is -0.497 e. The topological polar surface area (TPSA) is 40.2 Å². The van der Waals surface area contributed by atoms with E-state index < -0.39 is 0 Å². The van der Waals surface area contributed by atoms with Crippen LogP contribution in [0.15, 0.2) is 24.4 Å². The van der Waals surface area contributed by atoms with Gasteiger partial charge in [0.1, 0.15) is 5.75 Å². The summed E-state index contributed by atoms with van der Waals surface area (Å²) < 4.78 is 7.70. The van der Waals surface area contributed by atoms with E-state index in [4.69, 9.17) is 10.5 Å². The van der Waals surface area contributed by atoms with Gasteiger partial charge in [0.15, 0.2) is 0 Å². The molecule has 1 aromatic heterocycles. The molecule has 0 aliphatic carbocycles. The van der Waals surface area contributed by atoms with Gasteiger partial charge in [-0.1, -0.05) is 13.3 Å². The van der Waals surface area contributed by atoms with Crippen LogP contribution < -0.4 is 10.5 Å². The second kappa shape index (κ2) is 6.62. The maximum absolute atomic E-state index is 5.63. The smallest absolute Gasteiger partial charge is 0.119 e. The Kier molecular flexibility index (Phi) is 4.86. The van der Waals surface area contributed by atoms with Crippen LogP contribution in [0.3, 0.4) is 0 Å². The highest BCUT2D eigenvalue weighted by Gasteiger charge is 2.09. The van der Waals surface area contributed by atoms with Crippen molar-refractivity contribution in [3.8, 4) is 5.75 Å². The Morgan fingerprint density at radius 3 is 2.79 bits per heavy atom. The summed E-state index contributed by atoms with van der Waals surface area (Å²) in [5.74, 6) is 0.926. The molecule has 0 radical (unpaired) electrons. The Morgan fingerprint density at radius 1 is 1.26 bits per heavy atom. The van der Waals surface area contributed by atoms with Gasteiger partial charge in [0.25, 0.3) is 0 Å². The molecule has 0 saturated heterocycles. The average Bonchev–Trinajstić information content (AvgIpc) is 2.80. The number of benzene rings is 1. The summed E-state index contributed by atoms with van der Waals surface area (Å²) in [7, 11) is 1.72. The molecule has 0 atom stereocenters. The largest absolute Gasteiger partial charge is 0.497 e. The van der Waals surface area contributed by atoms with Crippen molar-refractivity contribution in [2.45, 2.75) is 39.2 Å². The lowest BCUT2D eigenvalue weighted by atomic mass is 10.1. The summed E-state index contributed by atoms with van der Waals surface area (Å²) in [6, 6.07) is 6.34. The molecule has 0 spiro atoms. The van der Waals surface area contributed by atoms with E-state index in [2.05, 4.69) is 29.8 Å². The molecule has 0 saturated carbocycles. The number of nitrogens with zero attached hydrogens (tertiary/aromatic N) is 1. The first-order valence-electron chi connectivity index (χ1n) is 7.16. The Balaban J connectivity index is 2.40. The highest BCUT2D eigenvalue weighted by molar-refractivity contribution is 5.85. The Labute approximate surface area is 115 Å². The van der Waals surface area contributed by atoms with Gasteiger partial charge >= 0.3 is 0 Å². The lowest BCUT2D eigenvalue weighted by Crippen LogP contribution is -2.00. The lowest BCUT2D eigenvalue weighted by Gasteiger charge is -2.04. The number of aromatic nitrogens is 1. The van der Waals surface area contributed by atoms with Crippen LogP contribution in [0.2, 0.25) is 0 Å². The number of ether oxygens (including phenoxy) is 1. The van der Waals surface area contributed by atoms with E-state index in [1.165, 1.54) is 29.3 Å². The van der Waals surface area contributed by atoms with E-state index in [1.807, 2.05) is 6.07 Å². The quantitative estimate of drug-likeness (QED) is 0.829. The van der Waals surface area contributed by atoms with Crippen LogP contribution in [0.25, 0.3) is 10.9 Å². The Morgan fingerprint density at radius 2 is 2.11 bits per heavy atom. The van der Waals surface area contributed by atoms with Crippen LogP contribution in [0.4, 0.5) is 0 Å². The summed E-state index contributed by atoms with van der Waals surface area (Å²) in [6.07, 6.45) is 6.79. The zero-order valence-corrected chi connectivity index (χ0v) is 12.0. The Hall–Kier alpha value is -1.48. The first-order chi connectivity index (χ1) is 9.30. The molecule has 0 fully saturated rings. The monoisotopic (exact) mass is 260 g/mol. The van der Waals surface area contributed by atoms with E-state index in [9.17, 15) is 0 Å². The van der Waals surface area contributed by atoms with Crippen molar-refractivity contribution in [2.24, 2.45) is 5.73 Å². The number of hydrogen-bond acceptors (Lipinski definition) is 2. The van der Waals surface area contributed by atoms with Crippen molar-refractivity contribution < 1.29 is 4.74 Å². The molecule has 0 aliphatic heterocycles. The molecular weight excluding hydrogens is 236 g/mol. The minimum absolute atomic E-state index is 0.742. The molecule has 3 heteroatoms. The summed E-state index contributed by atoms with van der Waals surface area (Å²) in [5, 5.41) is 1.31. The van der Waals surface area contributed by atoms with Crippen molar-refractivity contribution >= 4 is 10.9 Å². The van der Waals surface area contributed by atoms with Crippen molar-refractivity contribution in [1.82, 2.24) is 4.57 Å². The van der Waals surface area contributed by atoms with Crippen LogP contribution in [-0.2, 0) is 13.0 Å². The van der Waals surface area contributed by atoms with Crippen molar-refractivity contribution in [2.75, 3.05) is 13.7 Å². The average molecular weight is 260 g/mol. The zero-order chi connectivity index (χ0) is 13.7. The standard InChI is InChI=1S/C16H24N2O/c1-3-4-10-18-12-13(6-5-9-17)15-11-14(19-2)7-8-16(15)18/h7-8,11-12H,3-6,9-10,17H2,1-2H3. The first kappa shape index (κ1) is 13.9. The SMILES string of the molecule is CCCCn1cc(CCCN)c2cc(OC)ccc21. The molecule has 2 N–H and O–H groups in total. The molecule has 2 aromatic rings. The normalized spacial score (nSPS) is 11.1. The number of methoxy groups -OCH3 is 1. The van der Waals surface area contributed by atoms with Gasteiger partial charge in [0.2, 0.25) is 0 Å². The molecule has 104 valence electrons. The predicted octanol–water partition coefficient (Wildman–Crippen LogP) is 3.34. The Bertz CT molecular complexity index is 531. The molecule has 0 aliphatic rings. The van der Waals surface area contributed by atoms with Crippen molar-refractivity contribution in [3.63, 3.8) is 0 Å². The van der Waals surface area contributed by atoms with Gasteiger partial charge in [-0.05, 0) is 49.6 Å². The number of nitrogens with two attached hydrogens (primary N) is 1. The number of unbranched alkanes of at least 4 members (excludes halogenated alkanes) is 1. The predicted molar refractivity (Wildman–Crippen MR) is 80.8 cm³/mol. The van der Waals surface area contributed by atoms with Gasteiger partial charge < -0.3 is 15.0 Å². The summed E-state index contributed by atoms with van der Waals surface area (Å²) in [5.41, 5.74) is 8.32. The van der Waals surface area contributed by atoms with E-state index in [1.54, 1.807) is 7.11 Å². The van der Waals surface area contributed by atoms with E-state index in [0.717, 1.165) is 31.7 Å². The molecule has 2 rings (SSSR count). The lowest BCUT2D eigenvalue weighted by molar-refractivity contribution is 0.415. The third-order valence-corrected chi connectivity index (χ3v) is 3.57. The van der Waals surface area contributed by atoms with Crippen molar-refractivity contribution in [1.29, 1.82) is 0 Å². The fraction of sp³-hybridized carbons (Fsp3) is 0.500. The molecule has 1 aromatic carbocycles. The highest BCUT2D eigenvalue weighted by Crippen LogP contribution is 2.27. The maximum atomic E-state index is 5.63. The van der Waals surface area contributed by atoms with E-state index >= 15 is 0 Å². The first-order valence-corrected chi connectivity index (χ1v) is 7.16. The zero-order valence-electron chi connectivity index (χ0n) is 12.0. The van der Waals surface area contributed by atoms with Gasteiger partial charge in [-0.25, -0.2) is 0 Å². The maximum Gasteiger partial charge on any atom is 0.119 e. The highest BCUT2D eigenvalue weighted by atomic mass is 16.5. The van der Waals surface area contributed by atoms with E-state index in [-0.39, 0.29) is 0 Å². The van der Waals surface area contributed by atoms with Crippen LogP contribution in [0, 0.1) is 0 Å². The van der Waals surface area contributed by atoms with Gasteiger partial charge in [0.05, 0.1) is 7.11 Å². The summed E-state index contributed by atoms with van der Waals surface area (Å²) >= 11 is 0. The van der Waals surface area contributed by atoms with E-state index in [0.29, 0.717) is 0 Å². The molecule has 0 unspecified atom stereocenters. The van der Waals surface area contributed by atoms with Crippen LogP contribution in [0.5, 0.6) is 5.75 Å². The fourth-order valence-corrected chi connectivity index (χ4v) is 2.48. The van der Waals surface area contributed by atoms with Gasteiger partial charge in [-0.3, -0.25) is 0 Å². The fourth-order valence-electron chi connectivity index (χ4n) is 2.48. The molecule has 3 nitrogen and oxygen atoms in total. The molecular formula is C16H24N2O. The number of aryl methyl sites for hydroxylation is 2. The number of rotatable bonds is 7. The van der Waals surface area contributed by atoms with Crippen LogP contribution >= 0.6 is 0 Å².